The van der Waals surface area contributed by atoms with E-state index in [1.165, 1.54) is 7.11 Å². The lowest BCUT2D eigenvalue weighted by molar-refractivity contribution is -0.135. The number of fused-ring (bicyclic) bond motifs is 2. The zero-order valence-electron chi connectivity index (χ0n) is 14.8. The first-order chi connectivity index (χ1) is 13.2. The summed E-state index contributed by atoms with van der Waals surface area (Å²) in [6, 6.07) is 15.5. The Kier molecular flexibility index (Phi) is 4.38. The molecule has 4 heteroatoms. The van der Waals surface area contributed by atoms with Gasteiger partial charge in [0.1, 0.15) is 0 Å². The molecule has 0 saturated heterocycles. The van der Waals surface area contributed by atoms with Gasteiger partial charge in [-0.25, -0.2) is 4.79 Å². The summed E-state index contributed by atoms with van der Waals surface area (Å²) in [6.07, 6.45) is 7.35. The lowest BCUT2D eigenvalue weighted by Gasteiger charge is -2.02. The average molecular weight is 355 g/mol. The van der Waals surface area contributed by atoms with Gasteiger partial charge in [-0.2, -0.15) is 0 Å². The molecule has 27 heavy (non-hydrogen) atoms. The predicted octanol–water partition coefficient (Wildman–Crippen LogP) is 3.93. The van der Waals surface area contributed by atoms with Crippen LogP contribution in [-0.4, -0.2) is 18.1 Å². The SMILES string of the molecule is COC(=O)C1=CCc2c(ccc3ncc(-c4ccccc4)cc3c2=O)C=C1. The minimum Gasteiger partial charge on any atom is -0.465 e. The van der Waals surface area contributed by atoms with Crippen molar-refractivity contribution in [1.29, 1.82) is 0 Å². The van der Waals surface area contributed by atoms with E-state index in [1.807, 2.05) is 48.5 Å². The number of esters is 1. The van der Waals surface area contributed by atoms with Gasteiger partial charge in [-0.05, 0) is 35.8 Å². The summed E-state index contributed by atoms with van der Waals surface area (Å²) in [5, 5.41) is 0.570. The van der Waals surface area contributed by atoms with Crippen LogP contribution >= 0.6 is 0 Å². The maximum absolute atomic E-state index is 13.2. The third-order valence-electron chi connectivity index (χ3n) is 4.70. The zero-order valence-corrected chi connectivity index (χ0v) is 14.8. The van der Waals surface area contributed by atoms with Crippen LogP contribution in [0.25, 0.3) is 28.1 Å². The summed E-state index contributed by atoms with van der Waals surface area (Å²) in [5.74, 6) is -0.409. The number of hydrogen-bond acceptors (Lipinski definition) is 4. The number of pyridine rings is 1. The highest BCUT2D eigenvalue weighted by atomic mass is 16.5. The molecule has 2 aromatic carbocycles. The molecule has 0 N–H and O–H groups in total. The van der Waals surface area contributed by atoms with E-state index < -0.39 is 5.97 Å². The van der Waals surface area contributed by atoms with Crippen molar-refractivity contribution in [3.05, 3.63) is 93.8 Å². The minimum absolute atomic E-state index is 0.0673. The maximum atomic E-state index is 13.2. The molecule has 3 aromatic rings. The summed E-state index contributed by atoms with van der Waals surface area (Å²) in [5.41, 5.74) is 4.37. The number of methoxy groups -OCH3 is 1. The normalized spacial score (nSPS) is 12.9. The minimum atomic E-state index is -0.409. The molecule has 0 amide bonds. The van der Waals surface area contributed by atoms with Gasteiger partial charge in [-0.1, -0.05) is 48.6 Å². The van der Waals surface area contributed by atoms with Crippen LogP contribution in [0.3, 0.4) is 0 Å². The van der Waals surface area contributed by atoms with Gasteiger partial charge in [-0.15, -0.1) is 0 Å². The summed E-state index contributed by atoms with van der Waals surface area (Å²) in [4.78, 5) is 29.5. The van der Waals surface area contributed by atoms with Gasteiger partial charge < -0.3 is 4.74 Å². The van der Waals surface area contributed by atoms with Gasteiger partial charge in [0, 0.05) is 22.7 Å². The Morgan fingerprint density at radius 1 is 1.04 bits per heavy atom. The maximum Gasteiger partial charge on any atom is 0.337 e. The van der Waals surface area contributed by atoms with Gasteiger partial charge in [0.05, 0.1) is 18.2 Å². The second kappa shape index (κ2) is 7.00. The molecule has 1 aliphatic rings. The fourth-order valence-electron chi connectivity index (χ4n) is 3.24. The van der Waals surface area contributed by atoms with Crippen LogP contribution in [0.15, 0.2) is 77.2 Å². The van der Waals surface area contributed by atoms with Crippen LogP contribution in [0, 0.1) is 0 Å². The lowest BCUT2D eigenvalue weighted by atomic mass is 10.0. The topological polar surface area (TPSA) is 56.3 Å². The van der Waals surface area contributed by atoms with Crippen molar-refractivity contribution in [2.75, 3.05) is 7.11 Å². The second-order valence-corrected chi connectivity index (χ2v) is 6.31. The molecule has 0 bridgehead atoms. The number of carbonyl (C=O) groups excluding carboxylic acids is 1. The van der Waals surface area contributed by atoms with Crippen molar-refractivity contribution in [2.24, 2.45) is 0 Å². The first-order valence-corrected chi connectivity index (χ1v) is 8.65. The number of benzene rings is 1. The van der Waals surface area contributed by atoms with E-state index >= 15 is 0 Å². The van der Waals surface area contributed by atoms with E-state index in [-0.39, 0.29) is 5.43 Å². The fraction of sp³-hybridized carbons (Fsp3) is 0.0870. The van der Waals surface area contributed by atoms with Crippen LogP contribution in [0.5, 0.6) is 0 Å². The molecule has 0 atom stereocenters. The molecule has 132 valence electrons. The van der Waals surface area contributed by atoms with Crippen molar-refractivity contribution in [2.45, 2.75) is 6.42 Å². The van der Waals surface area contributed by atoms with Crippen molar-refractivity contribution in [3.8, 4) is 11.1 Å². The molecule has 0 fully saturated rings. The fourth-order valence-corrected chi connectivity index (χ4v) is 3.24. The monoisotopic (exact) mass is 355 g/mol. The molecule has 1 aromatic heterocycles. The number of rotatable bonds is 2. The molecular weight excluding hydrogens is 338 g/mol. The van der Waals surface area contributed by atoms with Crippen molar-refractivity contribution in [3.63, 3.8) is 0 Å². The quantitative estimate of drug-likeness (QED) is 0.654. The first-order valence-electron chi connectivity index (χ1n) is 8.65. The van der Waals surface area contributed by atoms with E-state index in [1.54, 1.807) is 24.4 Å². The summed E-state index contributed by atoms with van der Waals surface area (Å²) in [6.45, 7) is 0. The van der Waals surface area contributed by atoms with Gasteiger partial charge in [-0.3, -0.25) is 9.78 Å². The zero-order chi connectivity index (χ0) is 18.8. The van der Waals surface area contributed by atoms with Crippen LogP contribution in [0.1, 0.15) is 11.1 Å². The third kappa shape index (κ3) is 3.17. The van der Waals surface area contributed by atoms with Crippen molar-refractivity contribution < 1.29 is 9.53 Å². The third-order valence-corrected chi connectivity index (χ3v) is 4.70. The molecule has 0 radical (unpaired) electrons. The van der Waals surface area contributed by atoms with Crippen LogP contribution in [0.4, 0.5) is 0 Å². The predicted molar refractivity (Wildman–Crippen MR) is 106 cm³/mol. The molecule has 1 heterocycles. The molecule has 1 aliphatic carbocycles. The summed E-state index contributed by atoms with van der Waals surface area (Å²) < 4.78 is 4.78. The molecule has 0 spiro atoms. The molecule has 4 rings (SSSR count). The van der Waals surface area contributed by atoms with Crippen LogP contribution in [0.2, 0.25) is 0 Å². The van der Waals surface area contributed by atoms with E-state index in [4.69, 9.17) is 4.74 Å². The molecule has 4 nitrogen and oxygen atoms in total. The highest BCUT2D eigenvalue weighted by Crippen LogP contribution is 2.23. The van der Waals surface area contributed by atoms with Crippen LogP contribution < -0.4 is 5.43 Å². The Morgan fingerprint density at radius 2 is 1.85 bits per heavy atom. The lowest BCUT2D eigenvalue weighted by Crippen LogP contribution is -2.08. The number of hydrogen-bond donors (Lipinski definition) is 0. The number of ether oxygens (including phenoxy) is 1. The van der Waals surface area contributed by atoms with E-state index in [9.17, 15) is 9.59 Å². The van der Waals surface area contributed by atoms with Gasteiger partial charge in [0.25, 0.3) is 0 Å². The Labute approximate surface area is 156 Å². The highest BCUT2D eigenvalue weighted by Gasteiger charge is 2.14. The van der Waals surface area contributed by atoms with Crippen molar-refractivity contribution in [1.82, 2.24) is 4.98 Å². The standard InChI is InChI=1S/C23H17NO3/c1-27-23(26)17-8-7-16-10-12-21-20(22(25)19(16)11-9-17)13-18(14-24-21)15-5-3-2-4-6-15/h2-10,12-14H,11H2,1H3. The molecule has 0 saturated carbocycles. The number of aromatic nitrogens is 1. The Hall–Kier alpha value is -3.53. The Morgan fingerprint density at radius 3 is 2.63 bits per heavy atom. The van der Waals surface area contributed by atoms with Crippen molar-refractivity contribution >= 4 is 22.9 Å². The highest BCUT2D eigenvalue weighted by molar-refractivity contribution is 5.93. The van der Waals surface area contributed by atoms with Crippen LogP contribution in [-0.2, 0) is 16.0 Å². The average Bonchev–Trinajstić information content (AvgIpc) is 3.00. The number of carbonyl (C=O) groups is 1. The number of allylic oxidation sites excluding steroid dienone is 1. The van der Waals surface area contributed by atoms with Gasteiger partial charge in [0.2, 0.25) is 0 Å². The molecular formula is C23H17NO3. The molecule has 0 aliphatic heterocycles. The van der Waals surface area contributed by atoms with E-state index in [2.05, 4.69) is 4.98 Å². The largest absolute Gasteiger partial charge is 0.465 e. The van der Waals surface area contributed by atoms with Gasteiger partial charge in [0.15, 0.2) is 5.43 Å². The number of nitrogens with zero attached hydrogens (tertiary/aromatic N) is 1. The smallest absolute Gasteiger partial charge is 0.337 e. The first kappa shape index (κ1) is 16.9. The Balaban J connectivity index is 1.90. The summed E-state index contributed by atoms with van der Waals surface area (Å²) in [7, 11) is 1.35. The van der Waals surface area contributed by atoms with E-state index in [0.29, 0.717) is 28.5 Å². The Bertz CT molecular complexity index is 1160. The van der Waals surface area contributed by atoms with E-state index in [0.717, 1.165) is 16.7 Å². The second-order valence-electron chi connectivity index (χ2n) is 6.31. The molecule has 0 unspecified atom stereocenters. The van der Waals surface area contributed by atoms with Gasteiger partial charge >= 0.3 is 5.97 Å². The summed E-state index contributed by atoms with van der Waals surface area (Å²) >= 11 is 0.